The van der Waals surface area contributed by atoms with E-state index in [1.54, 1.807) is 18.2 Å². The molecule has 0 spiro atoms. The molecule has 0 aromatic heterocycles. The summed E-state index contributed by atoms with van der Waals surface area (Å²) in [5.41, 5.74) is 2.54. The van der Waals surface area contributed by atoms with Gasteiger partial charge in [-0.3, -0.25) is 4.79 Å². The third kappa shape index (κ3) is 2.95. The number of benzene rings is 2. The van der Waals surface area contributed by atoms with Gasteiger partial charge in [0.2, 0.25) is 15.9 Å². The Kier molecular flexibility index (Phi) is 4.43. The molecular formula is C18H20N2O3S. The number of hydrogen-bond donors (Lipinski definition) is 1. The van der Waals surface area contributed by atoms with Crippen molar-refractivity contribution >= 4 is 21.6 Å². The van der Waals surface area contributed by atoms with Gasteiger partial charge >= 0.3 is 0 Å². The van der Waals surface area contributed by atoms with E-state index in [9.17, 15) is 13.2 Å². The molecule has 0 aliphatic heterocycles. The molecule has 1 N–H and O–H groups in total. The number of amides is 1. The Bertz CT molecular complexity index is 875. The van der Waals surface area contributed by atoms with Crippen LogP contribution in [0.15, 0.2) is 53.4 Å². The van der Waals surface area contributed by atoms with Gasteiger partial charge in [0.15, 0.2) is 0 Å². The maximum absolute atomic E-state index is 12.7. The number of carbonyl (C=O) groups excluding carboxylic acids is 1. The van der Waals surface area contributed by atoms with E-state index in [1.807, 2.05) is 24.3 Å². The molecule has 0 heterocycles. The second kappa shape index (κ2) is 6.37. The van der Waals surface area contributed by atoms with Crippen LogP contribution in [0.5, 0.6) is 0 Å². The normalized spacial score (nSPS) is 16.9. The first-order valence-electron chi connectivity index (χ1n) is 7.81. The molecule has 2 aromatic carbocycles. The van der Waals surface area contributed by atoms with Crippen LogP contribution >= 0.6 is 0 Å². The predicted octanol–water partition coefficient (Wildman–Crippen LogP) is 2.61. The van der Waals surface area contributed by atoms with Gasteiger partial charge in [0.05, 0.1) is 11.6 Å². The summed E-state index contributed by atoms with van der Waals surface area (Å²) in [5.74, 6) is -0.405. The first-order valence-corrected chi connectivity index (χ1v) is 9.25. The van der Waals surface area contributed by atoms with Gasteiger partial charge in [0.25, 0.3) is 0 Å². The number of sulfonamides is 1. The van der Waals surface area contributed by atoms with Gasteiger partial charge in [-0.25, -0.2) is 12.7 Å². The Hall–Kier alpha value is -2.18. The predicted molar refractivity (Wildman–Crippen MR) is 93.4 cm³/mol. The summed E-state index contributed by atoms with van der Waals surface area (Å²) in [4.78, 5) is 12.8. The van der Waals surface area contributed by atoms with Crippen LogP contribution in [-0.4, -0.2) is 32.7 Å². The number of rotatable bonds is 4. The molecule has 126 valence electrons. The molecule has 0 radical (unpaired) electrons. The zero-order valence-corrected chi connectivity index (χ0v) is 14.5. The maximum Gasteiger partial charge on any atom is 0.244 e. The topological polar surface area (TPSA) is 66.5 Å². The second-order valence-electron chi connectivity index (χ2n) is 6.06. The van der Waals surface area contributed by atoms with E-state index in [1.165, 1.54) is 25.7 Å². The molecule has 0 fully saturated rings. The summed E-state index contributed by atoms with van der Waals surface area (Å²) in [5, 5.41) is 2.81. The van der Waals surface area contributed by atoms with Crippen LogP contribution in [-0.2, 0) is 21.2 Å². The highest BCUT2D eigenvalue weighted by atomic mass is 32.2. The fourth-order valence-corrected chi connectivity index (χ4v) is 4.08. The zero-order valence-electron chi connectivity index (χ0n) is 13.7. The van der Waals surface area contributed by atoms with Crippen LogP contribution in [0.4, 0.5) is 5.69 Å². The van der Waals surface area contributed by atoms with E-state index in [-0.39, 0.29) is 16.7 Å². The number of nitrogens with one attached hydrogen (secondary N) is 1. The molecule has 24 heavy (non-hydrogen) atoms. The lowest BCUT2D eigenvalue weighted by atomic mass is 10.0. The lowest BCUT2D eigenvalue weighted by Gasteiger charge is -2.17. The van der Waals surface area contributed by atoms with Crippen molar-refractivity contribution in [2.45, 2.75) is 23.7 Å². The Morgan fingerprint density at radius 3 is 2.50 bits per heavy atom. The standard InChI is InChI=1S/C18H20N2O3S/c1-20(2)24(22,23)17-10-6-5-9-16(17)19-18(21)15-12-11-13-7-3-4-8-14(13)15/h3-10,15H,11-12H2,1-2H3,(H,19,21)/t15-/m0/s1. The summed E-state index contributed by atoms with van der Waals surface area (Å²) < 4.78 is 26.0. The number of nitrogens with zero attached hydrogens (tertiary/aromatic N) is 1. The molecule has 0 saturated heterocycles. The molecule has 0 unspecified atom stereocenters. The van der Waals surface area contributed by atoms with Crippen molar-refractivity contribution < 1.29 is 13.2 Å². The zero-order chi connectivity index (χ0) is 17.3. The van der Waals surface area contributed by atoms with Crippen LogP contribution < -0.4 is 5.32 Å². The van der Waals surface area contributed by atoms with Gasteiger partial charge < -0.3 is 5.32 Å². The summed E-state index contributed by atoms with van der Waals surface area (Å²) in [7, 11) is -0.672. The van der Waals surface area contributed by atoms with Crippen molar-refractivity contribution in [2.75, 3.05) is 19.4 Å². The first-order chi connectivity index (χ1) is 11.4. The molecule has 3 rings (SSSR count). The first kappa shape index (κ1) is 16.7. The number of carbonyl (C=O) groups is 1. The molecule has 6 heteroatoms. The third-order valence-corrected chi connectivity index (χ3v) is 6.23. The van der Waals surface area contributed by atoms with Crippen molar-refractivity contribution in [3.63, 3.8) is 0 Å². The molecule has 0 saturated carbocycles. The van der Waals surface area contributed by atoms with Crippen LogP contribution in [0.2, 0.25) is 0 Å². The highest BCUT2D eigenvalue weighted by Gasteiger charge is 2.29. The lowest BCUT2D eigenvalue weighted by Crippen LogP contribution is -2.25. The number of aryl methyl sites for hydroxylation is 1. The van der Waals surface area contributed by atoms with Crippen LogP contribution in [0.3, 0.4) is 0 Å². The van der Waals surface area contributed by atoms with Crippen molar-refractivity contribution in [1.29, 1.82) is 0 Å². The molecule has 0 bridgehead atoms. The molecule has 2 aromatic rings. The average molecular weight is 344 g/mol. The quantitative estimate of drug-likeness (QED) is 0.927. The minimum absolute atomic E-state index is 0.106. The fraction of sp³-hybridized carbons (Fsp3) is 0.278. The lowest BCUT2D eigenvalue weighted by molar-refractivity contribution is -0.117. The molecule has 1 atom stereocenters. The van der Waals surface area contributed by atoms with Crippen molar-refractivity contribution in [1.82, 2.24) is 4.31 Å². The van der Waals surface area contributed by atoms with Crippen molar-refractivity contribution in [3.05, 3.63) is 59.7 Å². The minimum atomic E-state index is -3.62. The van der Waals surface area contributed by atoms with Crippen LogP contribution in [0.25, 0.3) is 0 Å². The van der Waals surface area contributed by atoms with Gasteiger partial charge in [-0.15, -0.1) is 0 Å². The smallest absolute Gasteiger partial charge is 0.244 e. The van der Waals surface area contributed by atoms with Crippen molar-refractivity contribution in [2.24, 2.45) is 0 Å². The van der Waals surface area contributed by atoms with E-state index in [0.717, 1.165) is 22.7 Å². The van der Waals surface area contributed by atoms with E-state index in [0.29, 0.717) is 5.69 Å². The minimum Gasteiger partial charge on any atom is -0.324 e. The summed E-state index contributed by atoms with van der Waals surface area (Å²) in [6, 6.07) is 14.4. The highest BCUT2D eigenvalue weighted by molar-refractivity contribution is 7.89. The van der Waals surface area contributed by atoms with Gasteiger partial charge in [0.1, 0.15) is 4.90 Å². The van der Waals surface area contributed by atoms with Gasteiger partial charge in [-0.05, 0) is 36.1 Å². The van der Waals surface area contributed by atoms with Gasteiger partial charge in [-0.1, -0.05) is 36.4 Å². The monoisotopic (exact) mass is 344 g/mol. The van der Waals surface area contributed by atoms with E-state index in [2.05, 4.69) is 5.32 Å². The number of hydrogen-bond acceptors (Lipinski definition) is 3. The number of para-hydroxylation sites is 1. The maximum atomic E-state index is 12.7. The van der Waals surface area contributed by atoms with E-state index < -0.39 is 10.0 Å². The average Bonchev–Trinajstić information content (AvgIpc) is 2.99. The fourth-order valence-electron chi connectivity index (χ4n) is 3.04. The summed E-state index contributed by atoms with van der Waals surface area (Å²) in [6.45, 7) is 0. The number of anilines is 1. The van der Waals surface area contributed by atoms with Crippen molar-refractivity contribution in [3.8, 4) is 0 Å². The molecule has 5 nitrogen and oxygen atoms in total. The third-order valence-electron chi connectivity index (χ3n) is 4.35. The summed E-state index contributed by atoms with van der Waals surface area (Å²) >= 11 is 0. The second-order valence-corrected chi connectivity index (χ2v) is 8.18. The Balaban J connectivity index is 1.90. The SMILES string of the molecule is CN(C)S(=O)(=O)c1ccccc1NC(=O)[C@H]1CCc2ccccc21. The molecular weight excluding hydrogens is 324 g/mol. The highest BCUT2D eigenvalue weighted by Crippen LogP contribution is 2.34. The Morgan fingerprint density at radius 2 is 1.75 bits per heavy atom. The summed E-state index contributed by atoms with van der Waals surface area (Å²) in [6.07, 6.45) is 1.61. The van der Waals surface area contributed by atoms with Crippen LogP contribution in [0.1, 0.15) is 23.5 Å². The van der Waals surface area contributed by atoms with Crippen LogP contribution in [0, 0.1) is 0 Å². The molecule has 1 aliphatic rings. The Labute approximate surface area is 142 Å². The molecule has 1 amide bonds. The molecule has 1 aliphatic carbocycles. The van der Waals surface area contributed by atoms with Gasteiger partial charge in [0, 0.05) is 14.1 Å². The van der Waals surface area contributed by atoms with Gasteiger partial charge in [-0.2, -0.15) is 0 Å². The van der Waals surface area contributed by atoms with E-state index >= 15 is 0 Å². The van der Waals surface area contributed by atoms with E-state index in [4.69, 9.17) is 0 Å². The largest absolute Gasteiger partial charge is 0.324 e. The Morgan fingerprint density at radius 1 is 1.08 bits per heavy atom. The number of fused-ring (bicyclic) bond motifs is 1.